The summed E-state index contributed by atoms with van der Waals surface area (Å²) in [6.45, 7) is 3.65. The van der Waals surface area contributed by atoms with Gasteiger partial charge in [-0.05, 0) is 31.5 Å². The zero-order valence-electron chi connectivity index (χ0n) is 9.84. The Labute approximate surface area is 111 Å². The van der Waals surface area contributed by atoms with Gasteiger partial charge in [-0.3, -0.25) is 0 Å². The van der Waals surface area contributed by atoms with Crippen molar-refractivity contribution in [2.45, 2.75) is 37.1 Å². The molecule has 1 unspecified atom stereocenters. The molecule has 0 aliphatic carbocycles. The molecule has 102 valence electrons. The Bertz CT molecular complexity index is 378. The van der Waals surface area contributed by atoms with E-state index in [9.17, 15) is 17.6 Å². The molecular formula is C12H13BrF4O. The highest BCUT2D eigenvalue weighted by molar-refractivity contribution is 9.09. The topological polar surface area (TPSA) is 9.23 Å². The number of ether oxygens (including phenoxy) is 1. The molecule has 0 bridgehead atoms. The summed E-state index contributed by atoms with van der Waals surface area (Å²) in [5.41, 5.74) is 0.0800. The van der Waals surface area contributed by atoms with Crippen molar-refractivity contribution >= 4 is 15.9 Å². The molecule has 0 amide bonds. The van der Waals surface area contributed by atoms with Crippen molar-refractivity contribution in [1.82, 2.24) is 0 Å². The van der Waals surface area contributed by atoms with Crippen LogP contribution in [0.5, 0.6) is 5.75 Å². The molecule has 1 atom stereocenters. The predicted octanol–water partition coefficient (Wildman–Crippen LogP) is 4.81. The van der Waals surface area contributed by atoms with E-state index in [-0.39, 0.29) is 11.7 Å². The van der Waals surface area contributed by atoms with Crippen LogP contribution in [0.4, 0.5) is 17.6 Å². The van der Waals surface area contributed by atoms with E-state index in [1.807, 2.05) is 13.8 Å². The lowest BCUT2D eigenvalue weighted by molar-refractivity contribution is -0.127. The van der Waals surface area contributed by atoms with Crippen molar-refractivity contribution in [2.24, 2.45) is 0 Å². The van der Waals surface area contributed by atoms with Gasteiger partial charge in [-0.2, -0.15) is 8.78 Å². The molecule has 0 aliphatic heterocycles. The molecule has 0 spiro atoms. The van der Waals surface area contributed by atoms with Crippen molar-refractivity contribution in [3.63, 3.8) is 0 Å². The quantitative estimate of drug-likeness (QED) is 0.556. The SMILES string of the molecule is CC(C)Oc1ccc(C(Br)C(F)(F)C(F)F)cc1. The molecule has 1 aromatic rings. The van der Waals surface area contributed by atoms with Gasteiger partial charge in [0.2, 0.25) is 0 Å². The maximum absolute atomic E-state index is 13.1. The smallest absolute Gasteiger partial charge is 0.323 e. The molecule has 0 heterocycles. The van der Waals surface area contributed by atoms with Gasteiger partial charge in [-0.1, -0.05) is 28.1 Å². The van der Waals surface area contributed by atoms with Crippen LogP contribution in [0.3, 0.4) is 0 Å². The van der Waals surface area contributed by atoms with Gasteiger partial charge in [0.1, 0.15) is 10.6 Å². The second-order valence-electron chi connectivity index (χ2n) is 4.07. The van der Waals surface area contributed by atoms with E-state index >= 15 is 0 Å². The van der Waals surface area contributed by atoms with Gasteiger partial charge < -0.3 is 4.74 Å². The van der Waals surface area contributed by atoms with Gasteiger partial charge in [0, 0.05) is 0 Å². The standard InChI is InChI=1S/C12H13BrF4O/c1-7(2)18-9-5-3-8(4-6-9)10(13)12(16,17)11(14)15/h3-7,10-11H,1-2H3. The highest BCUT2D eigenvalue weighted by Crippen LogP contribution is 2.42. The van der Waals surface area contributed by atoms with Crippen molar-refractivity contribution in [1.29, 1.82) is 0 Å². The zero-order valence-corrected chi connectivity index (χ0v) is 11.4. The first kappa shape index (κ1) is 15.3. The normalized spacial score (nSPS) is 14.1. The van der Waals surface area contributed by atoms with Gasteiger partial charge in [0.05, 0.1) is 6.10 Å². The van der Waals surface area contributed by atoms with Crippen LogP contribution >= 0.6 is 15.9 Å². The Hall–Kier alpha value is -0.780. The van der Waals surface area contributed by atoms with Crippen LogP contribution in [-0.4, -0.2) is 18.5 Å². The Kier molecular flexibility index (Phi) is 5.01. The van der Waals surface area contributed by atoms with E-state index in [1.54, 1.807) is 0 Å². The maximum Gasteiger partial charge on any atom is 0.323 e. The summed E-state index contributed by atoms with van der Waals surface area (Å²) in [5.74, 6) is -3.60. The van der Waals surface area contributed by atoms with Gasteiger partial charge in [-0.25, -0.2) is 8.78 Å². The summed E-state index contributed by atoms with van der Waals surface area (Å²) < 4.78 is 55.9. The highest BCUT2D eigenvalue weighted by atomic mass is 79.9. The molecule has 1 nitrogen and oxygen atoms in total. The lowest BCUT2D eigenvalue weighted by atomic mass is 10.1. The summed E-state index contributed by atoms with van der Waals surface area (Å²) in [5, 5.41) is 0. The monoisotopic (exact) mass is 328 g/mol. The number of hydrogen-bond acceptors (Lipinski definition) is 1. The molecule has 18 heavy (non-hydrogen) atoms. The van der Waals surface area contributed by atoms with Gasteiger partial charge >= 0.3 is 12.3 Å². The number of halogens is 5. The van der Waals surface area contributed by atoms with Crippen molar-refractivity contribution in [2.75, 3.05) is 0 Å². The molecule has 0 saturated carbocycles. The first-order chi connectivity index (χ1) is 8.25. The average Bonchev–Trinajstić information content (AvgIpc) is 2.28. The minimum absolute atomic E-state index is 0.0434. The van der Waals surface area contributed by atoms with Crippen LogP contribution < -0.4 is 4.74 Å². The molecule has 1 aromatic carbocycles. The molecule has 0 aliphatic rings. The molecule has 0 saturated heterocycles. The van der Waals surface area contributed by atoms with Crippen molar-refractivity contribution < 1.29 is 22.3 Å². The van der Waals surface area contributed by atoms with Crippen LogP contribution in [0.25, 0.3) is 0 Å². The number of benzene rings is 1. The van der Waals surface area contributed by atoms with E-state index in [1.165, 1.54) is 24.3 Å². The first-order valence-corrected chi connectivity index (χ1v) is 6.23. The predicted molar refractivity (Wildman–Crippen MR) is 64.8 cm³/mol. The van der Waals surface area contributed by atoms with Crippen LogP contribution in [0.15, 0.2) is 24.3 Å². The Morgan fingerprint density at radius 2 is 1.61 bits per heavy atom. The highest BCUT2D eigenvalue weighted by Gasteiger charge is 2.48. The van der Waals surface area contributed by atoms with Crippen molar-refractivity contribution in [3.05, 3.63) is 29.8 Å². The molecule has 0 radical (unpaired) electrons. The Balaban J connectivity index is 2.85. The van der Waals surface area contributed by atoms with Crippen LogP contribution in [0.2, 0.25) is 0 Å². The van der Waals surface area contributed by atoms with E-state index in [0.717, 1.165) is 0 Å². The fourth-order valence-electron chi connectivity index (χ4n) is 1.32. The zero-order chi connectivity index (χ0) is 13.9. The van der Waals surface area contributed by atoms with Crippen LogP contribution in [0.1, 0.15) is 24.2 Å². The second kappa shape index (κ2) is 5.91. The summed E-state index contributed by atoms with van der Waals surface area (Å²) in [6.07, 6.45) is -3.76. The maximum atomic E-state index is 13.1. The van der Waals surface area contributed by atoms with Crippen LogP contribution in [-0.2, 0) is 0 Å². The van der Waals surface area contributed by atoms with Gasteiger partial charge in [0.15, 0.2) is 0 Å². The van der Waals surface area contributed by atoms with Crippen LogP contribution in [0, 0.1) is 0 Å². The molecule has 0 fully saturated rings. The minimum Gasteiger partial charge on any atom is -0.491 e. The van der Waals surface area contributed by atoms with Gasteiger partial charge in [-0.15, -0.1) is 0 Å². The second-order valence-corrected chi connectivity index (χ2v) is 4.99. The summed E-state index contributed by atoms with van der Waals surface area (Å²) >= 11 is 2.61. The fraction of sp³-hybridized carbons (Fsp3) is 0.500. The number of hydrogen-bond donors (Lipinski definition) is 0. The lowest BCUT2D eigenvalue weighted by Crippen LogP contribution is -2.31. The Morgan fingerprint density at radius 1 is 1.11 bits per heavy atom. The molecule has 1 rings (SSSR count). The van der Waals surface area contributed by atoms with E-state index < -0.39 is 17.2 Å². The lowest BCUT2D eigenvalue weighted by Gasteiger charge is -2.21. The van der Waals surface area contributed by atoms with Gasteiger partial charge in [0.25, 0.3) is 0 Å². The molecule has 6 heteroatoms. The number of rotatable bonds is 5. The molecule has 0 aromatic heterocycles. The molecule has 0 N–H and O–H groups in total. The van der Waals surface area contributed by atoms with E-state index in [2.05, 4.69) is 15.9 Å². The first-order valence-electron chi connectivity index (χ1n) is 5.31. The third kappa shape index (κ3) is 3.60. The minimum atomic E-state index is -4.11. The summed E-state index contributed by atoms with van der Waals surface area (Å²) in [6, 6.07) is 5.64. The fourth-order valence-corrected chi connectivity index (χ4v) is 1.83. The third-order valence-electron chi connectivity index (χ3n) is 2.17. The summed E-state index contributed by atoms with van der Waals surface area (Å²) in [4.78, 5) is -1.72. The Morgan fingerprint density at radius 3 is 2.00 bits per heavy atom. The number of alkyl halides is 5. The largest absolute Gasteiger partial charge is 0.491 e. The van der Waals surface area contributed by atoms with Crippen molar-refractivity contribution in [3.8, 4) is 5.75 Å². The van der Waals surface area contributed by atoms with E-state index in [0.29, 0.717) is 5.75 Å². The summed E-state index contributed by atoms with van der Waals surface area (Å²) in [7, 11) is 0. The van der Waals surface area contributed by atoms with E-state index in [4.69, 9.17) is 4.74 Å². The molecular weight excluding hydrogens is 316 g/mol. The average molecular weight is 329 g/mol. The third-order valence-corrected chi connectivity index (χ3v) is 3.31.